The van der Waals surface area contributed by atoms with Crippen molar-refractivity contribution in [3.8, 4) is 0 Å². The van der Waals surface area contributed by atoms with Crippen molar-refractivity contribution in [2.24, 2.45) is 5.41 Å². The first kappa shape index (κ1) is 27.1. The van der Waals surface area contributed by atoms with Crippen molar-refractivity contribution < 1.29 is 9.84 Å². The van der Waals surface area contributed by atoms with E-state index in [1.165, 1.54) is 11.1 Å². The minimum absolute atomic E-state index is 0.0721. The molecule has 1 fully saturated rings. The molecule has 0 heterocycles. The standard InChI is InChI=1S/C35H42O2/c1-6-26-16-20-28(21-17-26)32(36)35(8-3)24-12-15-31(25-35)37-33(29-22-18-27(7-2)19-23-29)34(4,5)30-13-10-9-11-14-30/h6-7,9-11,13-14,16-23,31-33,36H,1-2,8,12,15,24-25H2,3-5H3. The van der Waals surface area contributed by atoms with E-state index in [4.69, 9.17) is 4.74 Å². The molecule has 0 aromatic heterocycles. The highest BCUT2D eigenvalue weighted by atomic mass is 16.5. The van der Waals surface area contributed by atoms with Gasteiger partial charge in [0, 0.05) is 10.8 Å². The fourth-order valence-electron chi connectivity index (χ4n) is 6.07. The zero-order valence-corrected chi connectivity index (χ0v) is 22.7. The van der Waals surface area contributed by atoms with Crippen LogP contribution in [0.3, 0.4) is 0 Å². The molecule has 0 radical (unpaired) electrons. The lowest BCUT2D eigenvalue weighted by molar-refractivity contribution is -0.114. The van der Waals surface area contributed by atoms with Gasteiger partial charge < -0.3 is 9.84 Å². The topological polar surface area (TPSA) is 29.5 Å². The van der Waals surface area contributed by atoms with Gasteiger partial charge in [-0.05, 0) is 53.5 Å². The molecule has 194 valence electrons. The van der Waals surface area contributed by atoms with Gasteiger partial charge in [0.15, 0.2) is 0 Å². The van der Waals surface area contributed by atoms with Gasteiger partial charge in [-0.1, -0.05) is 131 Å². The predicted octanol–water partition coefficient (Wildman–Crippen LogP) is 9.08. The number of hydrogen-bond acceptors (Lipinski definition) is 2. The lowest BCUT2D eigenvalue weighted by atomic mass is 9.65. The minimum Gasteiger partial charge on any atom is -0.388 e. The van der Waals surface area contributed by atoms with E-state index < -0.39 is 6.10 Å². The van der Waals surface area contributed by atoms with Crippen LogP contribution in [0.2, 0.25) is 0 Å². The summed E-state index contributed by atoms with van der Waals surface area (Å²) in [5.74, 6) is 0. The van der Waals surface area contributed by atoms with Crippen molar-refractivity contribution in [3.63, 3.8) is 0 Å². The first-order valence-electron chi connectivity index (χ1n) is 13.7. The second-order valence-corrected chi connectivity index (χ2v) is 11.2. The molecule has 0 spiro atoms. The Morgan fingerprint density at radius 1 is 0.919 bits per heavy atom. The Balaban J connectivity index is 1.63. The van der Waals surface area contributed by atoms with Gasteiger partial charge in [0.2, 0.25) is 0 Å². The molecular weight excluding hydrogens is 452 g/mol. The maximum atomic E-state index is 11.6. The van der Waals surface area contributed by atoms with Gasteiger partial charge in [0.25, 0.3) is 0 Å². The molecule has 0 saturated heterocycles. The van der Waals surface area contributed by atoms with Crippen molar-refractivity contribution in [2.75, 3.05) is 0 Å². The zero-order valence-electron chi connectivity index (χ0n) is 22.7. The summed E-state index contributed by atoms with van der Waals surface area (Å²) in [5.41, 5.74) is 5.15. The average molecular weight is 495 g/mol. The van der Waals surface area contributed by atoms with Crippen molar-refractivity contribution in [1.29, 1.82) is 0 Å². The zero-order chi connectivity index (χ0) is 26.5. The highest BCUT2D eigenvalue weighted by Gasteiger charge is 2.44. The van der Waals surface area contributed by atoms with Gasteiger partial charge in [0.1, 0.15) is 0 Å². The van der Waals surface area contributed by atoms with Gasteiger partial charge in [-0.2, -0.15) is 0 Å². The lowest BCUT2D eigenvalue weighted by Gasteiger charge is -2.46. The minimum atomic E-state index is -0.518. The van der Waals surface area contributed by atoms with Crippen LogP contribution in [-0.4, -0.2) is 11.2 Å². The van der Waals surface area contributed by atoms with E-state index in [0.29, 0.717) is 0 Å². The van der Waals surface area contributed by atoms with Crippen LogP contribution in [0.15, 0.2) is 92.0 Å². The second-order valence-electron chi connectivity index (χ2n) is 11.2. The Kier molecular flexibility index (Phi) is 8.52. The van der Waals surface area contributed by atoms with Gasteiger partial charge in [0.05, 0.1) is 18.3 Å². The molecule has 3 aromatic carbocycles. The van der Waals surface area contributed by atoms with Gasteiger partial charge in [-0.15, -0.1) is 0 Å². The van der Waals surface area contributed by atoms with Crippen LogP contribution >= 0.6 is 0 Å². The molecule has 0 aliphatic heterocycles. The summed E-state index contributed by atoms with van der Waals surface area (Å²) < 4.78 is 7.10. The Hall–Kier alpha value is -2.94. The van der Waals surface area contributed by atoms with Crippen molar-refractivity contribution in [3.05, 3.63) is 120 Å². The number of hydrogen-bond donors (Lipinski definition) is 1. The Labute approximate surface area is 223 Å². The van der Waals surface area contributed by atoms with Crippen LogP contribution in [-0.2, 0) is 10.2 Å². The van der Waals surface area contributed by atoms with E-state index >= 15 is 0 Å². The summed E-state index contributed by atoms with van der Waals surface area (Å²) in [6, 6.07) is 27.4. The quantitative estimate of drug-likeness (QED) is 0.304. The van der Waals surface area contributed by atoms with E-state index in [9.17, 15) is 5.11 Å². The summed E-state index contributed by atoms with van der Waals surface area (Å²) in [6.45, 7) is 14.5. The molecule has 0 amide bonds. The summed E-state index contributed by atoms with van der Waals surface area (Å²) in [7, 11) is 0. The molecule has 37 heavy (non-hydrogen) atoms. The van der Waals surface area contributed by atoms with Crippen LogP contribution in [0.1, 0.15) is 92.9 Å². The highest BCUT2D eigenvalue weighted by Crippen LogP contribution is 2.51. The van der Waals surface area contributed by atoms with E-state index in [1.54, 1.807) is 0 Å². The van der Waals surface area contributed by atoms with Gasteiger partial charge in [-0.25, -0.2) is 0 Å². The summed E-state index contributed by atoms with van der Waals surface area (Å²) >= 11 is 0. The van der Waals surface area contributed by atoms with E-state index in [2.05, 4.69) is 88.5 Å². The fraction of sp³-hybridized carbons (Fsp3) is 0.371. The van der Waals surface area contributed by atoms with Crippen molar-refractivity contribution >= 4 is 12.2 Å². The van der Waals surface area contributed by atoms with E-state index in [-0.39, 0.29) is 23.0 Å². The third kappa shape index (κ3) is 5.81. The maximum absolute atomic E-state index is 11.6. The molecule has 1 aliphatic carbocycles. The van der Waals surface area contributed by atoms with Crippen LogP contribution in [0.5, 0.6) is 0 Å². The molecule has 2 heteroatoms. The summed E-state index contributed by atoms with van der Waals surface area (Å²) in [6.07, 6.45) is 7.98. The molecule has 4 atom stereocenters. The molecule has 1 N–H and O–H groups in total. The monoisotopic (exact) mass is 494 g/mol. The van der Waals surface area contributed by atoms with E-state index in [0.717, 1.165) is 48.8 Å². The Morgan fingerprint density at radius 3 is 2.03 bits per heavy atom. The summed E-state index contributed by atoms with van der Waals surface area (Å²) in [5, 5.41) is 11.6. The molecule has 2 nitrogen and oxygen atoms in total. The molecule has 1 aliphatic rings. The molecule has 4 unspecified atom stereocenters. The van der Waals surface area contributed by atoms with Crippen LogP contribution in [0.4, 0.5) is 0 Å². The molecular formula is C35H42O2. The largest absolute Gasteiger partial charge is 0.388 e. The molecule has 1 saturated carbocycles. The van der Waals surface area contributed by atoms with Crippen LogP contribution < -0.4 is 0 Å². The first-order valence-corrected chi connectivity index (χ1v) is 13.7. The Morgan fingerprint density at radius 2 is 1.49 bits per heavy atom. The summed E-state index contributed by atoms with van der Waals surface area (Å²) in [4.78, 5) is 0. The molecule has 0 bridgehead atoms. The molecule has 4 rings (SSSR count). The lowest BCUT2D eigenvalue weighted by Crippen LogP contribution is -2.40. The second kappa shape index (κ2) is 11.6. The maximum Gasteiger partial charge on any atom is 0.0919 e. The number of rotatable bonds is 10. The van der Waals surface area contributed by atoms with Crippen LogP contribution in [0, 0.1) is 5.41 Å². The number of ether oxygens (including phenoxy) is 1. The predicted molar refractivity (Wildman–Crippen MR) is 156 cm³/mol. The fourth-order valence-corrected chi connectivity index (χ4v) is 6.07. The third-order valence-electron chi connectivity index (χ3n) is 8.58. The van der Waals surface area contributed by atoms with Gasteiger partial charge >= 0.3 is 0 Å². The highest BCUT2D eigenvalue weighted by molar-refractivity contribution is 5.48. The smallest absolute Gasteiger partial charge is 0.0919 e. The first-order chi connectivity index (χ1) is 17.8. The average Bonchev–Trinajstić information content (AvgIpc) is 2.96. The number of benzene rings is 3. The van der Waals surface area contributed by atoms with Crippen molar-refractivity contribution in [2.45, 2.75) is 76.6 Å². The van der Waals surface area contributed by atoms with E-state index in [1.807, 2.05) is 36.4 Å². The normalized spacial score (nSPS) is 21.7. The van der Waals surface area contributed by atoms with Gasteiger partial charge in [-0.3, -0.25) is 0 Å². The number of aliphatic hydroxyl groups is 1. The molecule has 3 aromatic rings. The Bertz CT molecular complexity index is 1160. The number of aliphatic hydroxyl groups excluding tert-OH is 1. The van der Waals surface area contributed by atoms with Crippen molar-refractivity contribution in [1.82, 2.24) is 0 Å². The SMILES string of the molecule is C=Cc1ccc(C(O)C2(CC)CCCC(OC(c3ccc(C=C)cc3)C(C)(C)c3ccccc3)C2)cc1. The van der Waals surface area contributed by atoms with Crippen LogP contribution in [0.25, 0.3) is 12.2 Å². The third-order valence-corrected chi connectivity index (χ3v) is 8.58.